The van der Waals surface area contributed by atoms with E-state index in [1.165, 1.54) is 0 Å². The van der Waals surface area contributed by atoms with E-state index in [0.29, 0.717) is 31.2 Å². The average molecular weight is 516 g/mol. The fraction of sp³-hybridized carbons (Fsp3) is 0.280. The fourth-order valence-electron chi connectivity index (χ4n) is 4.88. The molecule has 2 fully saturated rings. The molecule has 0 N–H and O–H groups in total. The zero-order chi connectivity index (χ0) is 23.8. The normalized spacial score (nSPS) is 20.9. The molecule has 2 saturated heterocycles. The lowest BCUT2D eigenvalue weighted by atomic mass is 10.2. The summed E-state index contributed by atoms with van der Waals surface area (Å²) >= 11 is 6.20. The predicted octanol–water partition coefficient (Wildman–Crippen LogP) is 5.29. The fourth-order valence-corrected chi connectivity index (χ4v) is 9.92. The maximum absolute atomic E-state index is 15.6. The van der Waals surface area contributed by atoms with Gasteiger partial charge in [0.2, 0.25) is 0 Å². The first kappa shape index (κ1) is 23.4. The Balaban J connectivity index is 1.68. The van der Waals surface area contributed by atoms with Crippen LogP contribution in [0.4, 0.5) is 11.4 Å². The van der Waals surface area contributed by atoms with Crippen molar-refractivity contribution < 1.29 is 13.0 Å². The minimum atomic E-state index is -3.34. The van der Waals surface area contributed by atoms with E-state index in [2.05, 4.69) is 4.90 Å². The lowest BCUT2D eigenvalue weighted by Gasteiger charge is -2.44. The average Bonchev–Trinajstić information content (AvgIpc) is 3.20. The second kappa shape index (κ2) is 9.38. The topological polar surface area (TPSA) is 60.9 Å². The van der Waals surface area contributed by atoms with Crippen molar-refractivity contribution in [3.8, 4) is 0 Å². The van der Waals surface area contributed by atoms with Crippen molar-refractivity contribution in [3.63, 3.8) is 0 Å². The van der Waals surface area contributed by atoms with Gasteiger partial charge in [0.1, 0.15) is 5.78 Å². The molecule has 9 heteroatoms. The summed E-state index contributed by atoms with van der Waals surface area (Å²) in [6.07, 6.45) is 0. The van der Waals surface area contributed by atoms with E-state index in [1.54, 1.807) is 0 Å². The Hall–Kier alpha value is -2.31. The zero-order valence-electron chi connectivity index (χ0n) is 18.7. The molecule has 2 aliphatic rings. The van der Waals surface area contributed by atoms with Crippen molar-refractivity contribution in [1.29, 1.82) is 0 Å². The molecule has 2 heterocycles. The van der Waals surface area contributed by atoms with Gasteiger partial charge in [0, 0.05) is 42.6 Å². The molecule has 0 bridgehead atoms. The summed E-state index contributed by atoms with van der Waals surface area (Å²) in [5, 5.41) is 0.605. The first-order valence-corrected chi connectivity index (χ1v) is 15.2. The number of halogens is 1. The lowest BCUT2D eigenvalue weighted by molar-refractivity contribution is 0.267. The van der Waals surface area contributed by atoms with Gasteiger partial charge in [0.25, 0.3) is 7.44 Å². The molecule has 3 aromatic rings. The van der Waals surface area contributed by atoms with Crippen molar-refractivity contribution in [2.45, 2.75) is 5.78 Å². The maximum Gasteiger partial charge on any atom is 0.284 e. The first-order chi connectivity index (χ1) is 16.4. The van der Waals surface area contributed by atoms with Gasteiger partial charge in [-0.3, -0.25) is 9.46 Å². The summed E-state index contributed by atoms with van der Waals surface area (Å²) in [6.45, 7) is 1.88. The van der Waals surface area contributed by atoms with Crippen LogP contribution in [0.15, 0.2) is 84.9 Å². The van der Waals surface area contributed by atoms with E-state index in [9.17, 15) is 8.42 Å². The van der Waals surface area contributed by atoms with Gasteiger partial charge in [-0.25, -0.2) is 8.42 Å². The molecule has 5 rings (SSSR count). The van der Waals surface area contributed by atoms with Crippen LogP contribution in [0.1, 0.15) is 11.3 Å². The number of nitrogens with zero attached hydrogens (tertiary/aromatic N) is 3. The third kappa shape index (κ3) is 4.38. The van der Waals surface area contributed by atoms with E-state index >= 15 is 4.57 Å². The molecule has 178 valence electrons. The Morgan fingerprint density at radius 1 is 0.706 bits per heavy atom. The summed E-state index contributed by atoms with van der Waals surface area (Å²) in [7, 11) is -6.43. The number of hydrogen-bond acceptors (Lipinski definition) is 4. The number of anilines is 2. The molecule has 0 saturated carbocycles. The molecular formula is C25H27ClN3O3PS. The predicted molar refractivity (Wildman–Crippen MR) is 140 cm³/mol. The second-order valence-electron chi connectivity index (χ2n) is 8.62. The van der Waals surface area contributed by atoms with E-state index in [-0.39, 0.29) is 11.5 Å². The van der Waals surface area contributed by atoms with E-state index < -0.39 is 23.1 Å². The smallest absolute Gasteiger partial charge is 0.284 e. The molecule has 3 aromatic carbocycles. The molecule has 1 unspecified atom stereocenters. The number of rotatable bonds is 5. The summed E-state index contributed by atoms with van der Waals surface area (Å²) in [4.78, 5) is 2.09. The summed E-state index contributed by atoms with van der Waals surface area (Å²) in [5.74, 6) is -0.384. The maximum atomic E-state index is 15.6. The third-order valence-electron chi connectivity index (χ3n) is 6.54. The third-order valence-corrected chi connectivity index (χ3v) is 11.9. The number of sulfone groups is 1. The Morgan fingerprint density at radius 2 is 1.18 bits per heavy atom. The van der Waals surface area contributed by atoms with Crippen molar-refractivity contribution in [3.05, 3.63) is 95.5 Å². The molecule has 0 aromatic heterocycles. The Morgan fingerprint density at radius 3 is 1.65 bits per heavy atom. The van der Waals surface area contributed by atoms with Crippen LogP contribution in [0.3, 0.4) is 0 Å². The number of para-hydroxylation sites is 2. The zero-order valence-corrected chi connectivity index (χ0v) is 21.2. The van der Waals surface area contributed by atoms with Crippen LogP contribution in [0.2, 0.25) is 5.02 Å². The molecular weight excluding hydrogens is 489 g/mol. The molecule has 0 spiro atoms. The van der Waals surface area contributed by atoms with Gasteiger partial charge in [-0.1, -0.05) is 60.1 Å². The quantitative estimate of drug-likeness (QED) is 0.430. The summed E-state index contributed by atoms with van der Waals surface area (Å²) in [5.41, 5.74) is 2.66. The van der Waals surface area contributed by atoms with Gasteiger partial charge in [-0.15, -0.1) is 0 Å². The largest absolute Gasteiger partial charge is 0.304 e. The first-order valence-electron chi connectivity index (χ1n) is 11.3. The molecule has 0 radical (unpaired) electrons. The van der Waals surface area contributed by atoms with Crippen LogP contribution in [0, 0.1) is 0 Å². The summed E-state index contributed by atoms with van der Waals surface area (Å²) < 4.78 is 44.1. The molecule has 34 heavy (non-hydrogen) atoms. The minimum absolute atomic E-state index is 0.0633. The monoisotopic (exact) mass is 515 g/mol. The van der Waals surface area contributed by atoms with E-state index in [1.807, 2.05) is 94.3 Å². The van der Waals surface area contributed by atoms with E-state index in [0.717, 1.165) is 16.9 Å². The summed E-state index contributed by atoms with van der Waals surface area (Å²) in [6, 6.07) is 27.1. The highest BCUT2D eigenvalue weighted by Gasteiger charge is 2.52. The molecule has 0 aliphatic carbocycles. The van der Waals surface area contributed by atoms with Gasteiger partial charge in [-0.05, 0) is 42.0 Å². The Kier molecular flexibility index (Phi) is 6.47. The lowest BCUT2D eigenvalue weighted by Crippen LogP contribution is -2.44. The highest BCUT2D eigenvalue weighted by molar-refractivity contribution is 7.91. The van der Waals surface area contributed by atoms with Crippen molar-refractivity contribution in [2.75, 3.05) is 47.0 Å². The minimum Gasteiger partial charge on any atom is -0.304 e. The van der Waals surface area contributed by atoms with Crippen LogP contribution in [-0.2, 0) is 14.4 Å². The van der Waals surface area contributed by atoms with Crippen LogP contribution in [-0.4, -0.2) is 51.0 Å². The van der Waals surface area contributed by atoms with E-state index in [4.69, 9.17) is 11.6 Å². The van der Waals surface area contributed by atoms with Crippen LogP contribution in [0.5, 0.6) is 0 Å². The van der Waals surface area contributed by atoms with Gasteiger partial charge in [0.15, 0.2) is 9.84 Å². The van der Waals surface area contributed by atoms with Crippen LogP contribution >= 0.6 is 19.0 Å². The SMILES string of the molecule is O=P1(C(c2ccc(Cl)cc2)N2CCS(=O)(=O)CC2)N(c2ccccc2)CCN1c1ccccc1. The number of hydrogen-bond donors (Lipinski definition) is 0. The van der Waals surface area contributed by atoms with Crippen LogP contribution in [0.25, 0.3) is 0 Å². The van der Waals surface area contributed by atoms with Crippen LogP contribution < -0.4 is 9.34 Å². The standard InChI is InChI=1S/C25H27ClN3O3PS/c26-22-13-11-21(12-14-22)25(27-17-19-34(31,32)20-18-27)33(30)28(23-7-3-1-4-8-23)15-16-29(33)24-9-5-2-6-10-24/h1-14,25H,15-20H2. The highest BCUT2D eigenvalue weighted by Crippen LogP contribution is 2.69. The number of benzene rings is 3. The van der Waals surface area contributed by atoms with Gasteiger partial charge >= 0.3 is 0 Å². The second-order valence-corrected chi connectivity index (χ2v) is 14.0. The van der Waals surface area contributed by atoms with Gasteiger partial charge in [-0.2, -0.15) is 0 Å². The molecule has 2 aliphatic heterocycles. The Labute approximate surface area is 206 Å². The Bertz CT molecular complexity index is 1220. The molecule has 1 atom stereocenters. The van der Waals surface area contributed by atoms with Gasteiger partial charge in [0.05, 0.1) is 11.5 Å². The van der Waals surface area contributed by atoms with Crippen molar-refractivity contribution in [1.82, 2.24) is 4.90 Å². The molecule has 6 nitrogen and oxygen atoms in total. The highest BCUT2D eigenvalue weighted by atomic mass is 35.5. The van der Waals surface area contributed by atoms with Crippen molar-refractivity contribution >= 4 is 40.3 Å². The molecule has 0 amide bonds. The van der Waals surface area contributed by atoms with Gasteiger partial charge < -0.3 is 9.34 Å². The van der Waals surface area contributed by atoms with Crippen molar-refractivity contribution in [2.24, 2.45) is 0 Å².